The number of phenolic OH excluding ortho intramolecular Hbond substituents is 1. The summed E-state index contributed by atoms with van der Waals surface area (Å²) in [6.45, 7) is 9.82. The molecule has 1 heterocycles. The number of esters is 1. The normalized spacial score (nSPS) is 21.7. The predicted molar refractivity (Wildman–Crippen MR) is 113 cm³/mol. The monoisotopic (exact) mass is 463 g/mol. The summed E-state index contributed by atoms with van der Waals surface area (Å²) in [7, 11) is 0. The molecule has 0 fully saturated rings. The van der Waals surface area contributed by atoms with Crippen molar-refractivity contribution in [2.45, 2.75) is 52.1 Å². The lowest BCUT2D eigenvalue weighted by Crippen LogP contribution is -2.41. The Hall–Kier alpha value is -2.28. The Kier molecular flexibility index (Phi) is 6.36. The highest BCUT2D eigenvalue weighted by molar-refractivity contribution is 9.10. The van der Waals surface area contributed by atoms with Crippen LogP contribution in [0.15, 0.2) is 40.2 Å². The number of nitrogens with one attached hydrogen (secondary N) is 1. The second-order valence-electron chi connectivity index (χ2n) is 7.54. The van der Waals surface area contributed by atoms with Crippen molar-refractivity contribution in [3.05, 3.63) is 45.7 Å². The van der Waals surface area contributed by atoms with Gasteiger partial charge in [-0.1, -0.05) is 6.58 Å². The van der Waals surface area contributed by atoms with E-state index in [-0.39, 0.29) is 17.6 Å². The molecule has 1 aromatic carbocycles. The van der Waals surface area contributed by atoms with Crippen LogP contribution >= 0.6 is 15.9 Å². The molecular weight excluding hydrogens is 438 g/mol. The van der Waals surface area contributed by atoms with Gasteiger partial charge in [-0.15, -0.1) is 0 Å². The van der Waals surface area contributed by atoms with E-state index in [1.54, 1.807) is 26.0 Å². The van der Waals surface area contributed by atoms with Crippen molar-refractivity contribution in [2.24, 2.45) is 5.92 Å². The summed E-state index contributed by atoms with van der Waals surface area (Å²) in [5.74, 6) is -1.47. The number of aromatic hydroxyl groups is 1. The molecule has 1 aliphatic heterocycles. The van der Waals surface area contributed by atoms with E-state index in [9.17, 15) is 14.7 Å². The maximum atomic E-state index is 13.0. The molecule has 0 radical (unpaired) electrons. The first-order valence-corrected chi connectivity index (χ1v) is 10.6. The van der Waals surface area contributed by atoms with Crippen LogP contribution in [0.25, 0.3) is 0 Å². The Morgan fingerprint density at radius 2 is 2.10 bits per heavy atom. The Morgan fingerprint density at radius 1 is 1.38 bits per heavy atom. The second kappa shape index (κ2) is 8.61. The molecular formula is C22H26BrNO5. The van der Waals surface area contributed by atoms with Crippen LogP contribution in [0, 0.1) is 5.92 Å². The Labute approximate surface area is 179 Å². The van der Waals surface area contributed by atoms with Gasteiger partial charge in [0.05, 0.1) is 17.2 Å². The SMILES string of the molecule is C=C1NC2=C(C(=O)CCC2)C(c2cc(Br)c(O)c(OCC)c2)C1C(=O)OC(C)C. The summed E-state index contributed by atoms with van der Waals surface area (Å²) in [6, 6.07) is 3.41. The lowest BCUT2D eigenvalue weighted by molar-refractivity contribution is -0.151. The number of carbonyl (C=O) groups excluding carboxylic acids is 2. The summed E-state index contributed by atoms with van der Waals surface area (Å²) in [4.78, 5) is 25.9. The van der Waals surface area contributed by atoms with Gasteiger partial charge in [0.1, 0.15) is 5.92 Å². The average molecular weight is 464 g/mol. The fraction of sp³-hybridized carbons (Fsp3) is 0.455. The zero-order chi connectivity index (χ0) is 21.3. The summed E-state index contributed by atoms with van der Waals surface area (Å²) in [5, 5.41) is 13.5. The number of hydrogen-bond donors (Lipinski definition) is 2. The minimum Gasteiger partial charge on any atom is -0.503 e. The molecule has 0 saturated heterocycles. The standard InChI is InChI=1S/C22H26BrNO5/c1-5-28-17-10-13(9-14(23)21(17)26)19-18(22(27)29-11(2)3)12(4)24-15-7-6-8-16(25)20(15)19/h9-11,18-19,24,26H,4-8H2,1-3H3. The molecule has 2 aliphatic rings. The van der Waals surface area contributed by atoms with Gasteiger partial charge >= 0.3 is 5.97 Å². The van der Waals surface area contributed by atoms with Crippen molar-refractivity contribution < 1.29 is 24.2 Å². The van der Waals surface area contributed by atoms with Crippen molar-refractivity contribution in [3.63, 3.8) is 0 Å². The Bertz CT molecular complexity index is 889. The maximum Gasteiger partial charge on any atom is 0.316 e. The molecule has 29 heavy (non-hydrogen) atoms. The number of benzene rings is 1. The highest BCUT2D eigenvalue weighted by Crippen LogP contribution is 2.47. The molecule has 156 valence electrons. The van der Waals surface area contributed by atoms with Crippen LogP contribution in [-0.2, 0) is 14.3 Å². The van der Waals surface area contributed by atoms with Crippen molar-refractivity contribution in [3.8, 4) is 11.5 Å². The topological polar surface area (TPSA) is 84.9 Å². The number of Topliss-reactive ketones (excluding diaryl/α,β-unsaturated/α-hetero) is 1. The van der Waals surface area contributed by atoms with Gasteiger partial charge < -0.3 is 19.9 Å². The smallest absolute Gasteiger partial charge is 0.316 e. The molecule has 1 aliphatic carbocycles. The molecule has 3 rings (SSSR count). The van der Waals surface area contributed by atoms with E-state index in [2.05, 4.69) is 27.8 Å². The van der Waals surface area contributed by atoms with Gasteiger partial charge in [-0.3, -0.25) is 9.59 Å². The van der Waals surface area contributed by atoms with Crippen LogP contribution in [0.3, 0.4) is 0 Å². The van der Waals surface area contributed by atoms with E-state index in [0.29, 0.717) is 40.1 Å². The molecule has 1 aromatic rings. The van der Waals surface area contributed by atoms with Crippen LogP contribution in [0.4, 0.5) is 0 Å². The van der Waals surface area contributed by atoms with Gasteiger partial charge in [0.25, 0.3) is 0 Å². The van der Waals surface area contributed by atoms with E-state index in [4.69, 9.17) is 9.47 Å². The number of ketones is 1. The number of allylic oxidation sites excluding steroid dienone is 2. The first-order chi connectivity index (χ1) is 13.7. The van der Waals surface area contributed by atoms with Gasteiger partial charge in [0.15, 0.2) is 17.3 Å². The fourth-order valence-electron chi connectivity index (χ4n) is 3.98. The zero-order valence-corrected chi connectivity index (χ0v) is 18.5. The third-order valence-electron chi connectivity index (χ3n) is 5.10. The lowest BCUT2D eigenvalue weighted by Gasteiger charge is -2.38. The van der Waals surface area contributed by atoms with Crippen molar-refractivity contribution in [2.75, 3.05) is 6.61 Å². The quantitative estimate of drug-likeness (QED) is 0.632. The summed E-state index contributed by atoms with van der Waals surface area (Å²) in [6.07, 6.45) is 1.63. The first kappa shape index (κ1) is 21.4. The minimum absolute atomic E-state index is 0.0146. The number of halogens is 1. The van der Waals surface area contributed by atoms with E-state index in [1.807, 2.05) is 6.92 Å². The van der Waals surface area contributed by atoms with Gasteiger partial charge in [-0.25, -0.2) is 0 Å². The Morgan fingerprint density at radius 3 is 2.76 bits per heavy atom. The van der Waals surface area contributed by atoms with Crippen LogP contribution < -0.4 is 10.1 Å². The molecule has 0 bridgehead atoms. The highest BCUT2D eigenvalue weighted by Gasteiger charge is 2.44. The highest BCUT2D eigenvalue weighted by atomic mass is 79.9. The first-order valence-electron chi connectivity index (χ1n) is 9.82. The van der Waals surface area contributed by atoms with Gasteiger partial charge in [-0.05, 0) is 67.2 Å². The van der Waals surface area contributed by atoms with E-state index in [1.165, 1.54) is 0 Å². The molecule has 0 aromatic heterocycles. The molecule has 0 amide bonds. The summed E-state index contributed by atoms with van der Waals surface area (Å²) >= 11 is 3.36. The Balaban J connectivity index is 2.19. The van der Waals surface area contributed by atoms with Crippen LogP contribution in [0.2, 0.25) is 0 Å². The molecule has 2 N–H and O–H groups in total. The predicted octanol–water partition coefficient (Wildman–Crippen LogP) is 4.33. The summed E-state index contributed by atoms with van der Waals surface area (Å²) < 4.78 is 11.5. The number of rotatable bonds is 5. The van der Waals surface area contributed by atoms with Crippen molar-refractivity contribution in [1.29, 1.82) is 0 Å². The summed E-state index contributed by atoms with van der Waals surface area (Å²) in [5.41, 5.74) is 2.60. The molecule has 0 saturated carbocycles. The maximum absolute atomic E-state index is 13.0. The van der Waals surface area contributed by atoms with Crippen LogP contribution in [0.5, 0.6) is 11.5 Å². The number of ether oxygens (including phenoxy) is 2. The van der Waals surface area contributed by atoms with Gasteiger partial charge in [0.2, 0.25) is 0 Å². The number of hydrogen-bond acceptors (Lipinski definition) is 6. The second-order valence-corrected chi connectivity index (χ2v) is 8.40. The third kappa shape index (κ3) is 4.20. The fourth-order valence-corrected chi connectivity index (χ4v) is 4.44. The van der Waals surface area contributed by atoms with Gasteiger partial charge in [0, 0.05) is 29.3 Å². The van der Waals surface area contributed by atoms with Crippen LogP contribution in [-0.4, -0.2) is 29.6 Å². The lowest BCUT2D eigenvalue weighted by atomic mass is 9.71. The van der Waals surface area contributed by atoms with Crippen molar-refractivity contribution in [1.82, 2.24) is 5.32 Å². The molecule has 2 unspecified atom stereocenters. The molecule has 2 atom stereocenters. The number of carbonyl (C=O) groups is 2. The number of phenols is 1. The van der Waals surface area contributed by atoms with E-state index < -0.39 is 17.8 Å². The molecule has 0 spiro atoms. The molecule has 6 nitrogen and oxygen atoms in total. The van der Waals surface area contributed by atoms with Crippen LogP contribution in [0.1, 0.15) is 51.5 Å². The van der Waals surface area contributed by atoms with E-state index in [0.717, 1.165) is 18.5 Å². The van der Waals surface area contributed by atoms with Crippen molar-refractivity contribution >= 4 is 27.7 Å². The molecule has 7 heteroatoms. The minimum atomic E-state index is -0.760. The zero-order valence-electron chi connectivity index (χ0n) is 16.9. The van der Waals surface area contributed by atoms with E-state index >= 15 is 0 Å². The van der Waals surface area contributed by atoms with Gasteiger partial charge in [-0.2, -0.15) is 0 Å². The average Bonchev–Trinajstić information content (AvgIpc) is 2.63. The largest absolute Gasteiger partial charge is 0.503 e. The third-order valence-corrected chi connectivity index (χ3v) is 5.71.